The van der Waals surface area contributed by atoms with E-state index in [1.165, 1.54) is 11.8 Å². The second-order valence-corrected chi connectivity index (χ2v) is 7.61. The van der Waals surface area contributed by atoms with Gasteiger partial charge < -0.3 is 10.1 Å². The van der Waals surface area contributed by atoms with E-state index in [0.717, 1.165) is 34.1 Å². The van der Waals surface area contributed by atoms with Crippen molar-refractivity contribution in [3.63, 3.8) is 0 Å². The Morgan fingerprint density at radius 1 is 1.37 bits per heavy atom. The van der Waals surface area contributed by atoms with Gasteiger partial charge in [0.25, 0.3) is 5.56 Å². The van der Waals surface area contributed by atoms with Gasteiger partial charge in [0.05, 0.1) is 13.0 Å². The van der Waals surface area contributed by atoms with Gasteiger partial charge in [0.2, 0.25) is 5.91 Å². The fourth-order valence-electron chi connectivity index (χ4n) is 3.23. The Hall–Kier alpha value is -2.28. The summed E-state index contributed by atoms with van der Waals surface area (Å²) in [5.74, 6) is 1.24. The number of aromatic nitrogens is 2. The van der Waals surface area contributed by atoms with Gasteiger partial charge in [-0.15, -0.1) is 0 Å². The zero-order chi connectivity index (χ0) is 19.4. The van der Waals surface area contributed by atoms with Gasteiger partial charge in [-0.1, -0.05) is 30.8 Å². The Morgan fingerprint density at radius 3 is 2.78 bits per heavy atom. The molecule has 1 aromatic heterocycles. The number of nitrogens with zero attached hydrogens (tertiary/aromatic N) is 2. The number of thioether (sulfide) groups is 1. The number of carbonyl (C=O) groups excluding carboxylic acids is 1. The van der Waals surface area contributed by atoms with E-state index in [0.29, 0.717) is 25.3 Å². The average molecular weight is 388 g/mol. The van der Waals surface area contributed by atoms with E-state index in [-0.39, 0.29) is 17.4 Å². The monoisotopic (exact) mass is 387 g/mol. The summed E-state index contributed by atoms with van der Waals surface area (Å²) in [4.78, 5) is 29.7. The molecule has 3 rings (SSSR count). The van der Waals surface area contributed by atoms with Crippen molar-refractivity contribution in [2.24, 2.45) is 5.92 Å². The number of carbonyl (C=O) groups is 1. The van der Waals surface area contributed by atoms with Crippen molar-refractivity contribution in [1.82, 2.24) is 14.9 Å². The molecule has 0 radical (unpaired) electrons. The van der Waals surface area contributed by atoms with Crippen molar-refractivity contribution in [2.75, 3.05) is 19.4 Å². The van der Waals surface area contributed by atoms with Crippen LogP contribution >= 0.6 is 11.8 Å². The lowest BCUT2D eigenvalue weighted by atomic mass is 10.1. The average Bonchev–Trinajstić information content (AvgIpc) is 2.68. The third-order valence-corrected chi connectivity index (χ3v) is 5.99. The van der Waals surface area contributed by atoms with Crippen molar-refractivity contribution < 1.29 is 9.53 Å². The fourth-order valence-corrected chi connectivity index (χ4v) is 4.35. The summed E-state index contributed by atoms with van der Waals surface area (Å²) in [5, 5.41) is 3.72. The van der Waals surface area contributed by atoms with E-state index in [1.54, 1.807) is 11.7 Å². The zero-order valence-electron chi connectivity index (χ0n) is 15.9. The minimum atomic E-state index is -0.217. The molecule has 6 nitrogen and oxygen atoms in total. The maximum Gasteiger partial charge on any atom is 0.257 e. The van der Waals surface area contributed by atoms with Gasteiger partial charge in [0.1, 0.15) is 5.75 Å². The second-order valence-electron chi connectivity index (χ2n) is 6.62. The Morgan fingerprint density at radius 2 is 2.11 bits per heavy atom. The number of amides is 1. The highest BCUT2D eigenvalue weighted by atomic mass is 32.2. The van der Waals surface area contributed by atoms with Crippen LogP contribution in [0.3, 0.4) is 0 Å². The van der Waals surface area contributed by atoms with E-state index in [2.05, 4.69) is 10.3 Å². The number of aryl methyl sites for hydroxylation is 1. The molecule has 0 fully saturated rings. The summed E-state index contributed by atoms with van der Waals surface area (Å²) in [6.07, 6.45) is 1.41. The van der Waals surface area contributed by atoms with Crippen LogP contribution in [-0.4, -0.2) is 34.9 Å². The quantitative estimate of drug-likeness (QED) is 0.770. The molecule has 2 aromatic rings. The summed E-state index contributed by atoms with van der Waals surface area (Å²) in [7, 11) is 1.64. The van der Waals surface area contributed by atoms with Gasteiger partial charge in [-0.2, -0.15) is 0 Å². The molecule has 0 bridgehead atoms. The molecular weight excluding hydrogens is 362 g/mol. The highest BCUT2D eigenvalue weighted by molar-refractivity contribution is 7.99. The maximum absolute atomic E-state index is 12.7. The number of hydrogen-bond donors (Lipinski definition) is 1. The summed E-state index contributed by atoms with van der Waals surface area (Å²) < 4.78 is 6.81. The van der Waals surface area contributed by atoms with Crippen LogP contribution in [0.25, 0.3) is 0 Å². The Balaban J connectivity index is 1.59. The summed E-state index contributed by atoms with van der Waals surface area (Å²) in [5.41, 5.74) is 2.66. The molecule has 0 spiro atoms. The molecule has 27 heavy (non-hydrogen) atoms. The molecule has 1 amide bonds. The summed E-state index contributed by atoms with van der Waals surface area (Å²) >= 11 is 1.48. The molecule has 7 heteroatoms. The second kappa shape index (κ2) is 8.61. The molecule has 1 N–H and O–H groups in total. The van der Waals surface area contributed by atoms with Gasteiger partial charge in [-0.05, 0) is 37.5 Å². The summed E-state index contributed by atoms with van der Waals surface area (Å²) in [6.45, 7) is 4.80. The Labute approximate surface area is 163 Å². The molecule has 1 aliphatic heterocycles. The lowest BCUT2D eigenvalue weighted by molar-refractivity contribution is -0.124. The van der Waals surface area contributed by atoms with Crippen molar-refractivity contribution in [1.29, 1.82) is 0 Å². The van der Waals surface area contributed by atoms with Crippen molar-refractivity contribution in [3.8, 4) is 5.75 Å². The van der Waals surface area contributed by atoms with E-state index >= 15 is 0 Å². The fraction of sp³-hybridized carbons (Fsp3) is 0.450. The van der Waals surface area contributed by atoms with E-state index in [9.17, 15) is 9.59 Å². The van der Waals surface area contributed by atoms with Crippen LogP contribution in [0.15, 0.2) is 34.2 Å². The van der Waals surface area contributed by atoms with E-state index < -0.39 is 0 Å². The molecule has 1 atom stereocenters. The predicted molar refractivity (Wildman–Crippen MR) is 107 cm³/mol. The highest BCUT2D eigenvalue weighted by Crippen LogP contribution is 2.26. The molecule has 144 valence electrons. The number of nitrogens with one attached hydrogen (secondary N) is 1. The smallest absolute Gasteiger partial charge is 0.257 e. The topological polar surface area (TPSA) is 73.2 Å². The van der Waals surface area contributed by atoms with Crippen LogP contribution < -0.4 is 15.6 Å². The predicted octanol–water partition coefficient (Wildman–Crippen LogP) is 2.20. The molecule has 1 aromatic carbocycles. The first-order valence-corrected chi connectivity index (χ1v) is 10.2. The van der Waals surface area contributed by atoms with Gasteiger partial charge in [-0.3, -0.25) is 14.2 Å². The first-order chi connectivity index (χ1) is 13.0. The molecule has 1 unspecified atom stereocenters. The molecule has 0 aliphatic carbocycles. The van der Waals surface area contributed by atoms with Crippen LogP contribution in [0.5, 0.6) is 5.75 Å². The number of hydrogen-bond acceptors (Lipinski definition) is 5. The van der Waals surface area contributed by atoms with E-state index in [1.807, 2.05) is 38.1 Å². The standard InChI is InChI=1S/C20H25N3O3S/c1-4-17-13(2)22-20-23(19(17)25)11-15(12-27-20)18(24)21-10-9-14-5-7-16(26-3)8-6-14/h5-8,15H,4,9-12H2,1-3H3,(H,21,24). The van der Waals surface area contributed by atoms with Crippen molar-refractivity contribution in [3.05, 3.63) is 51.4 Å². The number of fused-ring (bicyclic) bond motifs is 1. The maximum atomic E-state index is 12.7. The zero-order valence-corrected chi connectivity index (χ0v) is 16.8. The van der Waals surface area contributed by atoms with Crippen LogP contribution in [-0.2, 0) is 24.2 Å². The van der Waals surface area contributed by atoms with Gasteiger partial charge in [-0.25, -0.2) is 4.98 Å². The minimum absolute atomic E-state index is 0.00724. The van der Waals surface area contributed by atoms with Crippen molar-refractivity contribution in [2.45, 2.75) is 38.4 Å². The largest absolute Gasteiger partial charge is 0.497 e. The third kappa shape index (κ3) is 4.35. The summed E-state index contributed by atoms with van der Waals surface area (Å²) in [6, 6.07) is 7.83. The number of methoxy groups -OCH3 is 1. The lowest BCUT2D eigenvalue weighted by Gasteiger charge is -2.25. The molecule has 2 heterocycles. The Kier molecular flexibility index (Phi) is 6.21. The SMILES string of the molecule is CCc1c(C)nc2n(c1=O)CC(C(=O)NCCc1ccc(OC)cc1)CS2. The van der Waals surface area contributed by atoms with Crippen LogP contribution in [0.1, 0.15) is 23.7 Å². The molecule has 1 aliphatic rings. The Bertz CT molecular complexity index is 877. The van der Waals surface area contributed by atoms with Gasteiger partial charge in [0, 0.05) is 30.1 Å². The lowest BCUT2D eigenvalue weighted by Crippen LogP contribution is -2.41. The van der Waals surface area contributed by atoms with Gasteiger partial charge in [0.15, 0.2) is 5.16 Å². The van der Waals surface area contributed by atoms with Crippen LogP contribution in [0, 0.1) is 12.8 Å². The highest BCUT2D eigenvalue weighted by Gasteiger charge is 2.27. The molecule has 0 saturated carbocycles. The van der Waals surface area contributed by atoms with Gasteiger partial charge >= 0.3 is 0 Å². The van der Waals surface area contributed by atoms with Crippen LogP contribution in [0.4, 0.5) is 0 Å². The first kappa shape index (κ1) is 19.5. The minimum Gasteiger partial charge on any atom is -0.497 e. The van der Waals surface area contributed by atoms with Crippen LogP contribution in [0.2, 0.25) is 0 Å². The molecular formula is C20H25N3O3S. The van der Waals surface area contributed by atoms with E-state index in [4.69, 9.17) is 4.74 Å². The number of benzene rings is 1. The molecule has 0 saturated heterocycles. The van der Waals surface area contributed by atoms with Crippen molar-refractivity contribution >= 4 is 17.7 Å². The first-order valence-electron chi connectivity index (χ1n) is 9.17. The third-order valence-electron chi connectivity index (χ3n) is 4.85. The number of rotatable bonds is 6. The normalized spacial score (nSPS) is 15.9. The number of ether oxygens (including phenoxy) is 1.